The standard InChI is InChI=1S/C12H20N6O/c1-14-11(19)5-6-18(2)10-7-9(17-13)15-12(16-10)8-3-4-8/h7-8H,3-6,13H2,1-2H3,(H,14,19)(H,15,16,17). The highest BCUT2D eigenvalue weighted by atomic mass is 16.1. The number of nitrogens with two attached hydrogens (primary N) is 1. The molecule has 0 aromatic carbocycles. The predicted octanol–water partition coefficient (Wildman–Crippen LogP) is 0.212. The highest BCUT2D eigenvalue weighted by Gasteiger charge is 2.27. The number of hydrazine groups is 1. The zero-order chi connectivity index (χ0) is 13.8. The first-order chi connectivity index (χ1) is 9.13. The van der Waals surface area contributed by atoms with Crippen LogP contribution in [0.15, 0.2) is 6.07 Å². The van der Waals surface area contributed by atoms with Crippen molar-refractivity contribution < 1.29 is 4.79 Å². The zero-order valence-corrected chi connectivity index (χ0v) is 11.3. The summed E-state index contributed by atoms with van der Waals surface area (Å²) < 4.78 is 0. The topological polar surface area (TPSA) is 96.2 Å². The van der Waals surface area contributed by atoms with Gasteiger partial charge in [-0.15, -0.1) is 0 Å². The van der Waals surface area contributed by atoms with Gasteiger partial charge in [-0.25, -0.2) is 15.8 Å². The van der Waals surface area contributed by atoms with Gasteiger partial charge in [0.1, 0.15) is 17.5 Å². The fraction of sp³-hybridized carbons (Fsp3) is 0.583. The van der Waals surface area contributed by atoms with E-state index in [4.69, 9.17) is 5.84 Å². The van der Waals surface area contributed by atoms with E-state index in [1.54, 1.807) is 13.1 Å². The lowest BCUT2D eigenvalue weighted by Crippen LogP contribution is -2.27. The molecule has 0 aliphatic heterocycles. The second kappa shape index (κ2) is 5.83. The minimum absolute atomic E-state index is 0.0143. The highest BCUT2D eigenvalue weighted by molar-refractivity contribution is 5.76. The van der Waals surface area contributed by atoms with E-state index in [-0.39, 0.29) is 5.91 Å². The van der Waals surface area contributed by atoms with Crippen LogP contribution in [-0.4, -0.2) is 36.5 Å². The van der Waals surface area contributed by atoms with Gasteiger partial charge in [0.05, 0.1) is 0 Å². The molecule has 7 nitrogen and oxygen atoms in total. The summed E-state index contributed by atoms with van der Waals surface area (Å²) in [5.41, 5.74) is 2.56. The van der Waals surface area contributed by atoms with E-state index in [1.165, 1.54) is 0 Å². The number of hydrogen-bond acceptors (Lipinski definition) is 6. The Morgan fingerprint density at radius 1 is 1.53 bits per heavy atom. The lowest BCUT2D eigenvalue weighted by Gasteiger charge is -2.19. The van der Waals surface area contributed by atoms with Crippen LogP contribution >= 0.6 is 0 Å². The summed E-state index contributed by atoms with van der Waals surface area (Å²) in [5.74, 6) is 8.13. The third-order valence-electron chi connectivity index (χ3n) is 3.16. The van der Waals surface area contributed by atoms with Crippen LogP contribution < -0.4 is 21.5 Å². The first-order valence-corrected chi connectivity index (χ1v) is 6.41. The maximum Gasteiger partial charge on any atom is 0.221 e. The Balaban J connectivity index is 2.09. The third-order valence-corrected chi connectivity index (χ3v) is 3.16. The lowest BCUT2D eigenvalue weighted by atomic mass is 10.3. The molecule has 1 heterocycles. The van der Waals surface area contributed by atoms with Gasteiger partial charge in [-0.2, -0.15) is 0 Å². The average Bonchev–Trinajstić information content (AvgIpc) is 3.28. The number of carbonyl (C=O) groups excluding carboxylic acids is 1. The summed E-state index contributed by atoms with van der Waals surface area (Å²) in [4.78, 5) is 22.1. The van der Waals surface area contributed by atoms with Crippen LogP contribution in [0.4, 0.5) is 11.6 Å². The van der Waals surface area contributed by atoms with Crippen molar-refractivity contribution in [2.45, 2.75) is 25.2 Å². The second-order valence-electron chi connectivity index (χ2n) is 4.73. The molecule has 104 valence electrons. The molecule has 0 unspecified atom stereocenters. The maximum atomic E-state index is 11.3. The van der Waals surface area contributed by atoms with Crippen molar-refractivity contribution in [2.75, 3.05) is 31.0 Å². The van der Waals surface area contributed by atoms with Crippen molar-refractivity contribution in [3.63, 3.8) is 0 Å². The van der Waals surface area contributed by atoms with Gasteiger partial charge in [-0.05, 0) is 12.8 Å². The molecule has 1 aliphatic carbocycles. The molecule has 0 saturated heterocycles. The number of aromatic nitrogens is 2. The van der Waals surface area contributed by atoms with Gasteiger partial charge in [0.25, 0.3) is 0 Å². The van der Waals surface area contributed by atoms with Crippen LogP contribution in [0.3, 0.4) is 0 Å². The fourth-order valence-electron chi connectivity index (χ4n) is 1.76. The summed E-state index contributed by atoms with van der Waals surface area (Å²) in [7, 11) is 3.54. The van der Waals surface area contributed by atoms with Crippen LogP contribution in [0.2, 0.25) is 0 Å². The molecule has 1 amide bonds. The van der Waals surface area contributed by atoms with Gasteiger partial charge in [0.15, 0.2) is 0 Å². The number of rotatable bonds is 6. The number of anilines is 2. The number of hydrogen-bond donors (Lipinski definition) is 3. The molecular formula is C12H20N6O. The Morgan fingerprint density at radius 3 is 2.84 bits per heavy atom. The zero-order valence-electron chi connectivity index (χ0n) is 11.3. The smallest absolute Gasteiger partial charge is 0.221 e. The Kier molecular flexibility index (Phi) is 4.16. The predicted molar refractivity (Wildman–Crippen MR) is 73.8 cm³/mol. The molecule has 1 aliphatic rings. The molecule has 1 saturated carbocycles. The summed E-state index contributed by atoms with van der Waals surface area (Å²) in [6.45, 7) is 0.602. The van der Waals surface area contributed by atoms with Gasteiger partial charge in [0.2, 0.25) is 5.91 Å². The molecule has 1 aromatic heterocycles. The summed E-state index contributed by atoms with van der Waals surface area (Å²) in [6.07, 6.45) is 2.70. The largest absolute Gasteiger partial charge is 0.359 e. The SMILES string of the molecule is CNC(=O)CCN(C)c1cc(NN)nc(C2CC2)n1. The minimum Gasteiger partial charge on any atom is -0.359 e. The summed E-state index contributed by atoms with van der Waals surface area (Å²) >= 11 is 0. The molecule has 0 radical (unpaired) electrons. The Morgan fingerprint density at radius 2 is 2.26 bits per heavy atom. The molecule has 1 fully saturated rings. The normalized spacial score (nSPS) is 14.1. The van der Waals surface area contributed by atoms with E-state index in [0.29, 0.717) is 24.7 Å². The van der Waals surface area contributed by atoms with E-state index in [2.05, 4.69) is 20.7 Å². The molecule has 4 N–H and O–H groups in total. The molecule has 1 aromatic rings. The Bertz CT molecular complexity index is 460. The van der Waals surface area contributed by atoms with Crippen LogP contribution in [0, 0.1) is 0 Å². The molecule has 2 rings (SSSR count). The number of nitrogen functional groups attached to an aromatic ring is 1. The Labute approximate surface area is 112 Å². The quantitative estimate of drug-likeness (QED) is 0.502. The highest BCUT2D eigenvalue weighted by Crippen LogP contribution is 2.39. The van der Waals surface area contributed by atoms with E-state index in [9.17, 15) is 4.79 Å². The van der Waals surface area contributed by atoms with Gasteiger partial charge in [0, 0.05) is 39.0 Å². The van der Waals surface area contributed by atoms with E-state index in [1.807, 2.05) is 11.9 Å². The van der Waals surface area contributed by atoms with Crippen LogP contribution in [-0.2, 0) is 4.79 Å². The first-order valence-electron chi connectivity index (χ1n) is 6.41. The fourth-order valence-corrected chi connectivity index (χ4v) is 1.76. The second-order valence-corrected chi connectivity index (χ2v) is 4.73. The van der Waals surface area contributed by atoms with Crippen molar-refractivity contribution in [3.8, 4) is 0 Å². The molecule has 19 heavy (non-hydrogen) atoms. The van der Waals surface area contributed by atoms with Crippen molar-refractivity contribution in [2.24, 2.45) is 5.84 Å². The number of nitrogens with zero attached hydrogens (tertiary/aromatic N) is 3. The first kappa shape index (κ1) is 13.5. The van der Waals surface area contributed by atoms with Gasteiger partial charge in [-0.3, -0.25) is 4.79 Å². The van der Waals surface area contributed by atoms with Gasteiger partial charge in [-0.1, -0.05) is 0 Å². The number of carbonyl (C=O) groups is 1. The lowest BCUT2D eigenvalue weighted by molar-refractivity contribution is -0.120. The van der Waals surface area contributed by atoms with E-state index >= 15 is 0 Å². The monoisotopic (exact) mass is 264 g/mol. The number of nitrogens with one attached hydrogen (secondary N) is 2. The molecule has 0 atom stereocenters. The minimum atomic E-state index is 0.0143. The van der Waals surface area contributed by atoms with Crippen LogP contribution in [0.5, 0.6) is 0 Å². The summed E-state index contributed by atoms with van der Waals surface area (Å²) in [6, 6.07) is 1.79. The van der Waals surface area contributed by atoms with Gasteiger partial charge >= 0.3 is 0 Å². The van der Waals surface area contributed by atoms with E-state index in [0.717, 1.165) is 24.5 Å². The Hall–Kier alpha value is -1.89. The summed E-state index contributed by atoms with van der Waals surface area (Å²) in [5, 5.41) is 2.60. The van der Waals surface area contributed by atoms with Gasteiger partial charge < -0.3 is 15.6 Å². The van der Waals surface area contributed by atoms with Crippen LogP contribution in [0.1, 0.15) is 31.0 Å². The van der Waals surface area contributed by atoms with E-state index < -0.39 is 0 Å². The maximum absolute atomic E-state index is 11.3. The third kappa shape index (κ3) is 3.54. The molecule has 7 heteroatoms. The van der Waals surface area contributed by atoms with Crippen molar-refractivity contribution in [3.05, 3.63) is 11.9 Å². The van der Waals surface area contributed by atoms with Crippen molar-refractivity contribution in [1.29, 1.82) is 0 Å². The van der Waals surface area contributed by atoms with Crippen molar-refractivity contribution >= 4 is 17.5 Å². The van der Waals surface area contributed by atoms with Crippen molar-refractivity contribution in [1.82, 2.24) is 15.3 Å². The molecule has 0 spiro atoms. The average molecular weight is 264 g/mol. The molecule has 0 bridgehead atoms. The molecular weight excluding hydrogens is 244 g/mol. The van der Waals surface area contributed by atoms with Crippen LogP contribution in [0.25, 0.3) is 0 Å². The number of amides is 1.